The molecule has 15 heavy (non-hydrogen) atoms. The van der Waals surface area contributed by atoms with Crippen LogP contribution in [0, 0.1) is 0 Å². The molecule has 0 aliphatic rings. The number of rotatable bonds is 4. The maximum Gasteiger partial charge on any atom is 0.285 e. The van der Waals surface area contributed by atoms with E-state index in [4.69, 9.17) is 10.5 Å². The Balaban J connectivity index is 3.13. The van der Waals surface area contributed by atoms with E-state index in [1.807, 2.05) is 6.92 Å². The molecule has 0 saturated heterocycles. The topological polar surface area (TPSA) is 35.2 Å². The third-order valence-corrected chi connectivity index (χ3v) is 2.34. The van der Waals surface area contributed by atoms with Gasteiger partial charge < -0.3 is 10.5 Å². The van der Waals surface area contributed by atoms with E-state index in [2.05, 4.69) is 0 Å². The highest BCUT2D eigenvalue weighted by Crippen LogP contribution is 2.30. The lowest BCUT2D eigenvalue weighted by atomic mass is 10.0. The first kappa shape index (κ1) is 11.9. The van der Waals surface area contributed by atoms with Gasteiger partial charge in [0.2, 0.25) is 0 Å². The van der Waals surface area contributed by atoms with Gasteiger partial charge in [0.15, 0.2) is 0 Å². The maximum atomic E-state index is 13.3. The number of hydrogen-bond donors (Lipinski definition) is 1. The average molecular weight is 215 g/mol. The summed E-state index contributed by atoms with van der Waals surface area (Å²) in [6.07, 6.45) is 0.650. The fourth-order valence-corrected chi connectivity index (χ4v) is 1.40. The summed E-state index contributed by atoms with van der Waals surface area (Å²) < 4.78 is 31.6. The second kappa shape index (κ2) is 4.57. The van der Waals surface area contributed by atoms with Crippen molar-refractivity contribution >= 4 is 0 Å². The molecule has 1 aromatic rings. The summed E-state index contributed by atoms with van der Waals surface area (Å²) in [5.41, 5.74) is 5.73. The third kappa shape index (κ3) is 2.45. The molecule has 2 nitrogen and oxygen atoms in total. The van der Waals surface area contributed by atoms with Crippen molar-refractivity contribution < 1.29 is 13.5 Å². The van der Waals surface area contributed by atoms with Crippen molar-refractivity contribution in [3.63, 3.8) is 0 Å². The first-order valence-electron chi connectivity index (χ1n) is 4.80. The summed E-state index contributed by atoms with van der Waals surface area (Å²) in [6, 6.07) is 4.36. The van der Waals surface area contributed by atoms with E-state index >= 15 is 0 Å². The zero-order valence-electron chi connectivity index (χ0n) is 8.89. The quantitative estimate of drug-likeness (QED) is 0.836. The van der Waals surface area contributed by atoms with Crippen molar-refractivity contribution in [2.24, 2.45) is 5.73 Å². The molecule has 0 spiro atoms. The summed E-state index contributed by atoms with van der Waals surface area (Å²) in [5, 5.41) is 0. The minimum absolute atomic E-state index is 0.0531. The van der Waals surface area contributed by atoms with Crippen LogP contribution < -0.4 is 10.5 Å². The third-order valence-electron chi connectivity index (χ3n) is 2.34. The Morgan fingerprint density at radius 1 is 1.40 bits per heavy atom. The highest BCUT2D eigenvalue weighted by molar-refractivity contribution is 5.38. The first-order valence-corrected chi connectivity index (χ1v) is 4.80. The molecule has 0 aliphatic carbocycles. The molecule has 0 aliphatic heterocycles. The van der Waals surface area contributed by atoms with E-state index in [0.29, 0.717) is 12.2 Å². The molecule has 0 amide bonds. The van der Waals surface area contributed by atoms with E-state index in [1.165, 1.54) is 19.2 Å². The highest BCUT2D eigenvalue weighted by Gasteiger charge is 2.29. The zero-order chi connectivity index (χ0) is 11.5. The highest BCUT2D eigenvalue weighted by atomic mass is 19.3. The van der Waals surface area contributed by atoms with Gasteiger partial charge in [-0.05, 0) is 30.2 Å². The molecule has 0 unspecified atom stereocenters. The van der Waals surface area contributed by atoms with Crippen LogP contribution in [0.25, 0.3) is 0 Å². The first-order chi connectivity index (χ1) is 7.05. The van der Waals surface area contributed by atoms with Crippen LogP contribution in [-0.2, 0) is 12.3 Å². The molecule has 0 aromatic heterocycles. The van der Waals surface area contributed by atoms with Gasteiger partial charge in [0.05, 0.1) is 13.7 Å². The smallest absolute Gasteiger partial charge is 0.285 e. The lowest BCUT2D eigenvalue weighted by molar-refractivity contribution is 0.00584. The number of benzene rings is 1. The number of aryl methyl sites for hydroxylation is 1. The van der Waals surface area contributed by atoms with E-state index in [1.54, 1.807) is 6.07 Å². The van der Waals surface area contributed by atoms with Crippen LogP contribution in [0.1, 0.15) is 18.1 Å². The van der Waals surface area contributed by atoms with Crippen LogP contribution in [0.5, 0.6) is 5.75 Å². The Labute approximate surface area is 88.0 Å². The van der Waals surface area contributed by atoms with Crippen molar-refractivity contribution in [2.75, 3.05) is 13.7 Å². The molecule has 1 rings (SSSR count). The number of nitrogens with two attached hydrogens (primary N) is 1. The van der Waals surface area contributed by atoms with Gasteiger partial charge in [-0.1, -0.05) is 6.92 Å². The summed E-state index contributed by atoms with van der Waals surface area (Å²) in [4.78, 5) is 0. The van der Waals surface area contributed by atoms with Crippen molar-refractivity contribution in [3.8, 4) is 5.75 Å². The molecular weight excluding hydrogens is 200 g/mol. The van der Waals surface area contributed by atoms with Crippen LogP contribution in [-0.4, -0.2) is 13.7 Å². The molecule has 2 N–H and O–H groups in total. The van der Waals surface area contributed by atoms with E-state index in [0.717, 1.165) is 5.56 Å². The van der Waals surface area contributed by atoms with Gasteiger partial charge in [-0.15, -0.1) is 0 Å². The summed E-state index contributed by atoms with van der Waals surface area (Å²) in [6.45, 7) is 1.21. The Morgan fingerprint density at radius 3 is 2.53 bits per heavy atom. The molecule has 0 atom stereocenters. The van der Waals surface area contributed by atoms with Crippen LogP contribution in [0.4, 0.5) is 8.78 Å². The van der Waals surface area contributed by atoms with E-state index in [9.17, 15) is 8.78 Å². The van der Waals surface area contributed by atoms with Crippen molar-refractivity contribution in [1.82, 2.24) is 0 Å². The van der Waals surface area contributed by atoms with Gasteiger partial charge in [0.25, 0.3) is 5.92 Å². The Hall–Kier alpha value is -1.16. The van der Waals surface area contributed by atoms with Crippen molar-refractivity contribution in [2.45, 2.75) is 19.3 Å². The van der Waals surface area contributed by atoms with E-state index in [-0.39, 0.29) is 5.56 Å². The number of methoxy groups -OCH3 is 1. The van der Waals surface area contributed by atoms with Crippen LogP contribution in [0.3, 0.4) is 0 Å². The monoisotopic (exact) mass is 215 g/mol. The minimum Gasteiger partial charge on any atom is -0.496 e. The molecular formula is C11H15F2NO. The predicted molar refractivity (Wildman–Crippen MR) is 55.3 cm³/mol. The standard InChI is InChI=1S/C11H15F2NO/c1-3-8-6-9(11(12,13)7-14)4-5-10(8)15-2/h4-6H,3,7,14H2,1-2H3. The zero-order valence-corrected chi connectivity index (χ0v) is 8.89. The lowest BCUT2D eigenvalue weighted by Gasteiger charge is -2.16. The van der Waals surface area contributed by atoms with Gasteiger partial charge in [-0.25, -0.2) is 0 Å². The van der Waals surface area contributed by atoms with Gasteiger partial charge in [-0.3, -0.25) is 0 Å². The second-order valence-electron chi connectivity index (χ2n) is 3.29. The summed E-state index contributed by atoms with van der Waals surface area (Å²) >= 11 is 0. The number of halogens is 2. The minimum atomic E-state index is -2.96. The number of alkyl halides is 2. The largest absolute Gasteiger partial charge is 0.496 e. The number of ether oxygens (including phenoxy) is 1. The maximum absolute atomic E-state index is 13.3. The summed E-state index contributed by atoms with van der Waals surface area (Å²) in [7, 11) is 1.52. The lowest BCUT2D eigenvalue weighted by Crippen LogP contribution is -2.25. The molecule has 84 valence electrons. The fourth-order valence-electron chi connectivity index (χ4n) is 1.40. The van der Waals surface area contributed by atoms with Crippen LogP contribution in [0.2, 0.25) is 0 Å². The Kier molecular flexibility index (Phi) is 3.63. The number of hydrogen-bond acceptors (Lipinski definition) is 2. The van der Waals surface area contributed by atoms with Gasteiger partial charge >= 0.3 is 0 Å². The van der Waals surface area contributed by atoms with Crippen LogP contribution in [0.15, 0.2) is 18.2 Å². The molecule has 0 saturated carbocycles. The molecule has 0 fully saturated rings. The fraction of sp³-hybridized carbons (Fsp3) is 0.455. The SMILES string of the molecule is CCc1cc(C(F)(F)CN)ccc1OC. The van der Waals surface area contributed by atoms with E-state index < -0.39 is 12.5 Å². The van der Waals surface area contributed by atoms with Gasteiger partial charge in [0, 0.05) is 5.56 Å². The predicted octanol–water partition coefficient (Wildman–Crippen LogP) is 2.31. The van der Waals surface area contributed by atoms with Gasteiger partial charge in [-0.2, -0.15) is 8.78 Å². The normalized spacial score (nSPS) is 11.5. The van der Waals surface area contributed by atoms with Crippen molar-refractivity contribution in [1.29, 1.82) is 0 Å². The van der Waals surface area contributed by atoms with Crippen molar-refractivity contribution in [3.05, 3.63) is 29.3 Å². The van der Waals surface area contributed by atoms with Gasteiger partial charge in [0.1, 0.15) is 5.75 Å². The Morgan fingerprint density at radius 2 is 2.07 bits per heavy atom. The Bertz CT molecular complexity index is 339. The second-order valence-corrected chi connectivity index (χ2v) is 3.29. The average Bonchev–Trinajstić information content (AvgIpc) is 2.28. The van der Waals surface area contributed by atoms with Crippen LogP contribution >= 0.6 is 0 Å². The molecule has 0 bridgehead atoms. The molecule has 1 aromatic carbocycles. The molecule has 4 heteroatoms. The summed E-state index contributed by atoms with van der Waals surface area (Å²) in [5.74, 6) is -2.33. The molecule has 0 heterocycles. The molecule has 0 radical (unpaired) electrons.